The molecule has 73 valence electrons. The summed E-state index contributed by atoms with van der Waals surface area (Å²) in [5.41, 5.74) is 0. The molecule has 0 aromatic rings. The van der Waals surface area contributed by atoms with Crippen LogP contribution < -0.4 is 0 Å². The Morgan fingerprint density at radius 3 is 2.31 bits per heavy atom. The topological polar surface area (TPSA) is 80.7 Å². The molecule has 0 rings (SSSR count). The summed E-state index contributed by atoms with van der Waals surface area (Å²) in [6.07, 6.45) is 0.742. The Morgan fingerprint density at radius 2 is 1.92 bits per heavy atom. The van der Waals surface area contributed by atoms with Gasteiger partial charge in [-0.05, 0) is 12.8 Å². The second kappa shape index (κ2) is 7.39. The van der Waals surface area contributed by atoms with Crippen molar-refractivity contribution in [1.29, 1.82) is 0 Å². The predicted octanol–water partition coefficient (Wildman–Crippen LogP) is -0.163. The summed E-state index contributed by atoms with van der Waals surface area (Å²) in [5, 5.41) is 0. The van der Waals surface area contributed by atoms with Crippen LogP contribution in [0, 0.1) is 0 Å². The van der Waals surface area contributed by atoms with Crippen molar-refractivity contribution < 1.29 is 22.5 Å². The van der Waals surface area contributed by atoms with Gasteiger partial charge in [-0.3, -0.25) is 9.35 Å². The fourth-order valence-electron chi connectivity index (χ4n) is 0.602. The molecule has 0 fully saturated rings. The summed E-state index contributed by atoms with van der Waals surface area (Å²) in [5.74, 6) is -0.671. The molecule has 5 nitrogen and oxygen atoms in total. The molecular weight excluding hydrogens is 191 g/mol. The maximum atomic E-state index is 10.2. The van der Waals surface area contributed by atoms with Gasteiger partial charge in [-0.2, -0.15) is 8.42 Å². The molecule has 0 amide bonds. The third-order valence-corrected chi connectivity index (χ3v) is 1.91. The first kappa shape index (κ1) is 15.4. The quantitative estimate of drug-likeness (QED) is 0.290. The van der Waals surface area contributed by atoms with Gasteiger partial charge in [0.2, 0.25) is 0 Å². The Bertz CT molecular complexity index is 235. The van der Waals surface area contributed by atoms with Gasteiger partial charge in [0.05, 0.1) is 12.4 Å². The van der Waals surface area contributed by atoms with Crippen molar-refractivity contribution in [2.24, 2.45) is 0 Å². The Balaban J connectivity index is 0. The van der Waals surface area contributed by atoms with Crippen molar-refractivity contribution in [1.82, 2.24) is 0 Å². The van der Waals surface area contributed by atoms with Crippen LogP contribution in [-0.2, 0) is 19.6 Å². The molecule has 0 aliphatic carbocycles. The standard InChI is InChI=1S/C6H12O5S.Li/c1-6(7)11-4-2-3-5-12(8,9)10;/h2-5H2,1H3,(H,8,9,10);. The smallest absolute Gasteiger partial charge is 0.302 e. The summed E-state index contributed by atoms with van der Waals surface area (Å²) in [6, 6.07) is 0. The summed E-state index contributed by atoms with van der Waals surface area (Å²) in [7, 11) is -3.87. The summed E-state index contributed by atoms with van der Waals surface area (Å²) < 4.78 is 33.2. The third-order valence-electron chi connectivity index (χ3n) is 1.10. The van der Waals surface area contributed by atoms with Crippen molar-refractivity contribution >= 4 is 34.9 Å². The molecule has 1 radical (unpaired) electrons. The van der Waals surface area contributed by atoms with E-state index in [0.717, 1.165) is 0 Å². The number of esters is 1. The molecule has 0 saturated heterocycles. The molecule has 0 unspecified atom stereocenters. The first-order valence-electron chi connectivity index (χ1n) is 3.50. The van der Waals surface area contributed by atoms with E-state index in [4.69, 9.17) is 4.55 Å². The average molecular weight is 203 g/mol. The van der Waals surface area contributed by atoms with Crippen molar-refractivity contribution in [3.8, 4) is 0 Å². The molecule has 1 N–H and O–H groups in total. The Labute approximate surface area is 89.8 Å². The van der Waals surface area contributed by atoms with Crippen LogP contribution in [0.2, 0.25) is 0 Å². The van der Waals surface area contributed by atoms with Crippen LogP contribution in [-0.4, -0.2) is 50.2 Å². The van der Waals surface area contributed by atoms with E-state index in [1.807, 2.05) is 0 Å². The molecule has 13 heavy (non-hydrogen) atoms. The molecule has 0 spiro atoms. The zero-order valence-corrected chi connectivity index (χ0v) is 8.63. The minimum Gasteiger partial charge on any atom is -0.466 e. The summed E-state index contributed by atoms with van der Waals surface area (Å²) in [4.78, 5) is 10.2. The van der Waals surface area contributed by atoms with Crippen molar-refractivity contribution in [2.75, 3.05) is 12.4 Å². The largest absolute Gasteiger partial charge is 0.466 e. The van der Waals surface area contributed by atoms with Crippen LogP contribution in [0.4, 0.5) is 0 Å². The summed E-state index contributed by atoms with van der Waals surface area (Å²) in [6.45, 7) is 1.48. The van der Waals surface area contributed by atoms with Gasteiger partial charge in [-0.25, -0.2) is 0 Å². The molecule has 7 heteroatoms. The van der Waals surface area contributed by atoms with Crippen molar-refractivity contribution in [3.05, 3.63) is 0 Å². The normalized spacial score (nSPS) is 10.3. The monoisotopic (exact) mass is 203 g/mol. The maximum Gasteiger partial charge on any atom is 0.302 e. The second-order valence-electron chi connectivity index (χ2n) is 2.33. The zero-order valence-electron chi connectivity index (χ0n) is 7.82. The van der Waals surface area contributed by atoms with Gasteiger partial charge < -0.3 is 4.74 Å². The predicted molar refractivity (Wildman–Crippen MR) is 48.0 cm³/mol. The summed E-state index contributed by atoms with van der Waals surface area (Å²) >= 11 is 0. The van der Waals surface area contributed by atoms with Crippen LogP contribution in [0.15, 0.2) is 0 Å². The van der Waals surface area contributed by atoms with Gasteiger partial charge in [0, 0.05) is 25.8 Å². The van der Waals surface area contributed by atoms with Crippen LogP contribution in [0.1, 0.15) is 19.8 Å². The number of hydrogen-bond donors (Lipinski definition) is 1. The van der Waals surface area contributed by atoms with Crippen molar-refractivity contribution in [2.45, 2.75) is 19.8 Å². The van der Waals surface area contributed by atoms with Gasteiger partial charge >= 0.3 is 5.97 Å². The SMILES string of the molecule is CC(=O)OCCCCS(=O)(=O)O.[Li]. The Morgan fingerprint density at radius 1 is 1.38 bits per heavy atom. The molecule has 0 bridgehead atoms. The first-order chi connectivity index (χ1) is 5.42. The number of ether oxygens (including phenoxy) is 1. The van der Waals surface area contributed by atoms with E-state index in [-0.39, 0.29) is 37.2 Å². The Hall–Kier alpha value is -0.0226. The third kappa shape index (κ3) is 14.8. The van der Waals surface area contributed by atoms with Gasteiger partial charge in [-0.1, -0.05) is 0 Å². The number of carbonyl (C=O) groups excluding carboxylic acids is 1. The van der Waals surface area contributed by atoms with E-state index in [9.17, 15) is 13.2 Å². The van der Waals surface area contributed by atoms with E-state index in [0.29, 0.717) is 12.8 Å². The number of rotatable bonds is 5. The fourth-order valence-corrected chi connectivity index (χ4v) is 1.17. The molecule has 0 aromatic carbocycles. The Kier molecular flexibility index (Phi) is 8.78. The van der Waals surface area contributed by atoms with Crippen LogP contribution in [0.3, 0.4) is 0 Å². The molecule has 0 aliphatic rings. The zero-order chi connectivity index (χ0) is 9.61. The van der Waals surface area contributed by atoms with Crippen molar-refractivity contribution in [3.63, 3.8) is 0 Å². The minimum atomic E-state index is -3.87. The van der Waals surface area contributed by atoms with Gasteiger partial charge in [-0.15, -0.1) is 0 Å². The van der Waals surface area contributed by atoms with E-state index < -0.39 is 10.1 Å². The molecule has 0 aliphatic heterocycles. The van der Waals surface area contributed by atoms with Gasteiger partial charge in [0.1, 0.15) is 0 Å². The maximum absolute atomic E-state index is 10.2. The number of unbranched alkanes of at least 4 members (excludes halogenated alkanes) is 1. The van der Waals surface area contributed by atoms with Crippen LogP contribution >= 0.6 is 0 Å². The number of carbonyl (C=O) groups is 1. The van der Waals surface area contributed by atoms with E-state index in [2.05, 4.69) is 4.74 Å². The van der Waals surface area contributed by atoms with Crippen LogP contribution in [0.25, 0.3) is 0 Å². The molecular formula is C6H12LiO5S. The average Bonchev–Trinajstić information content (AvgIpc) is 1.83. The fraction of sp³-hybridized carbons (Fsp3) is 0.833. The molecule has 0 atom stereocenters. The van der Waals surface area contributed by atoms with Crippen LogP contribution in [0.5, 0.6) is 0 Å². The molecule has 0 aromatic heterocycles. The van der Waals surface area contributed by atoms with Gasteiger partial charge in [0.15, 0.2) is 0 Å². The molecule has 0 heterocycles. The second-order valence-corrected chi connectivity index (χ2v) is 3.91. The first-order valence-corrected chi connectivity index (χ1v) is 5.11. The minimum absolute atomic E-state index is 0. The van der Waals surface area contributed by atoms with E-state index in [1.165, 1.54) is 6.92 Å². The number of hydrogen-bond acceptors (Lipinski definition) is 4. The van der Waals surface area contributed by atoms with Gasteiger partial charge in [0.25, 0.3) is 10.1 Å². The van der Waals surface area contributed by atoms with E-state index >= 15 is 0 Å². The molecule has 0 saturated carbocycles. The van der Waals surface area contributed by atoms with E-state index in [1.54, 1.807) is 0 Å².